The number of nitrogens with one attached hydrogen (secondary N) is 2. The predicted molar refractivity (Wildman–Crippen MR) is 213 cm³/mol. The van der Waals surface area contributed by atoms with Crippen molar-refractivity contribution in [1.29, 1.82) is 0 Å². The van der Waals surface area contributed by atoms with E-state index in [-0.39, 0.29) is 0 Å². The molecular weight excluding hydrogens is 673 g/mol. The van der Waals surface area contributed by atoms with Crippen LogP contribution in [0.25, 0.3) is 90.9 Å². The Morgan fingerprint density at radius 1 is 0.426 bits per heavy atom. The minimum Gasteiger partial charge on any atom is -0.366 e. The maximum atomic E-state index is 12.4. The summed E-state index contributed by atoms with van der Waals surface area (Å²) in [4.78, 5) is 51.1. The van der Waals surface area contributed by atoms with Gasteiger partial charge in [0.25, 0.3) is 0 Å². The van der Waals surface area contributed by atoms with Gasteiger partial charge in [-0.25, -0.2) is 9.97 Å². The van der Waals surface area contributed by atoms with Gasteiger partial charge in [0.1, 0.15) is 0 Å². The van der Waals surface area contributed by atoms with E-state index in [9.17, 15) is 9.59 Å². The van der Waals surface area contributed by atoms with Gasteiger partial charge in [0.2, 0.25) is 11.8 Å². The number of H-pyrrole nitrogens is 2. The Bertz CT molecular complexity index is 2700. The molecule has 2 aliphatic rings. The number of aromatic amines is 2. The maximum Gasteiger partial charge on any atom is 0.248 e. The third-order valence-electron chi connectivity index (χ3n) is 9.56. The zero-order chi connectivity index (χ0) is 36.8. The highest BCUT2D eigenvalue weighted by Gasteiger charge is 2.19. The third kappa shape index (κ3) is 5.73. The van der Waals surface area contributed by atoms with E-state index in [1.165, 1.54) is 0 Å². The van der Waals surface area contributed by atoms with Gasteiger partial charge in [0.05, 0.1) is 22.8 Å². The van der Waals surface area contributed by atoms with E-state index in [0.29, 0.717) is 22.5 Å². The minimum absolute atomic E-state index is 0.374. The lowest BCUT2D eigenvalue weighted by atomic mass is 10.0. The SMILES string of the molecule is NC(=O)c1cccc(-c2c3nc(c(-c4cccc(C(N)=O)c4)c4ccc([nH]4)c(-c4ccncc4)c4nc(c(-c5ccncc5)c5ccc2[nH]5)C=C4)C=C3)c1. The van der Waals surface area contributed by atoms with Gasteiger partial charge < -0.3 is 21.4 Å². The molecule has 10 nitrogen and oxygen atoms in total. The monoisotopic (exact) mass is 702 g/mol. The zero-order valence-corrected chi connectivity index (χ0v) is 28.6. The molecule has 10 heteroatoms. The number of fused-ring (bicyclic) bond motifs is 8. The molecule has 0 atom stereocenters. The van der Waals surface area contributed by atoms with Crippen molar-refractivity contribution in [2.45, 2.75) is 0 Å². The lowest BCUT2D eigenvalue weighted by molar-refractivity contribution is 0.0992. The summed E-state index contributed by atoms with van der Waals surface area (Å²) in [6.45, 7) is 0. The minimum atomic E-state index is -0.532. The molecule has 0 spiro atoms. The summed E-state index contributed by atoms with van der Waals surface area (Å²) in [6, 6.07) is 30.3. The number of amides is 2. The summed E-state index contributed by atoms with van der Waals surface area (Å²) in [5, 5.41) is 0. The van der Waals surface area contributed by atoms with Crippen LogP contribution >= 0.6 is 0 Å². The van der Waals surface area contributed by atoms with E-state index in [2.05, 4.69) is 19.9 Å². The van der Waals surface area contributed by atoms with Gasteiger partial charge in [-0.05, 0) is 119 Å². The molecule has 2 aromatic carbocycles. The number of carbonyl (C=O) groups excluding carboxylic acids is 2. The van der Waals surface area contributed by atoms with E-state index in [1.54, 1.807) is 49.1 Å². The fraction of sp³-hybridized carbons (Fsp3) is 0. The normalized spacial score (nSPS) is 11.9. The first-order chi connectivity index (χ1) is 26.4. The number of nitrogens with zero attached hydrogens (tertiary/aromatic N) is 4. The van der Waals surface area contributed by atoms with E-state index in [0.717, 1.165) is 78.0 Å². The highest BCUT2D eigenvalue weighted by molar-refractivity contribution is 6.02. The van der Waals surface area contributed by atoms with Crippen LogP contribution in [0.2, 0.25) is 0 Å². The molecule has 258 valence electrons. The Kier molecular flexibility index (Phi) is 7.82. The Hall–Kier alpha value is -7.72. The van der Waals surface area contributed by atoms with Crippen LogP contribution in [0.1, 0.15) is 43.5 Å². The molecule has 0 saturated heterocycles. The largest absolute Gasteiger partial charge is 0.366 e. The van der Waals surface area contributed by atoms with Crippen molar-refractivity contribution >= 4 is 58.2 Å². The van der Waals surface area contributed by atoms with Gasteiger partial charge in [-0.3, -0.25) is 19.6 Å². The molecule has 8 bridgehead atoms. The van der Waals surface area contributed by atoms with Gasteiger partial charge in [0, 0.05) is 80.2 Å². The molecule has 6 N–H and O–H groups in total. The molecule has 9 rings (SSSR count). The summed E-state index contributed by atoms with van der Waals surface area (Å²) in [5.74, 6) is -1.06. The third-order valence-corrected chi connectivity index (χ3v) is 9.56. The molecule has 0 saturated carbocycles. The molecule has 0 aliphatic carbocycles. The van der Waals surface area contributed by atoms with E-state index in [4.69, 9.17) is 21.4 Å². The number of nitrogens with two attached hydrogens (primary N) is 2. The molecule has 2 aliphatic heterocycles. The quantitative estimate of drug-likeness (QED) is 0.136. The Morgan fingerprint density at radius 3 is 1.09 bits per heavy atom. The average molecular weight is 703 g/mol. The molecule has 0 unspecified atom stereocenters. The number of rotatable bonds is 6. The zero-order valence-electron chi connectivity index (χ0n) is 28.6. The second kappa shape index (κ2) is 13.1. The van der Waals surface area contributed by atoms with Gasteiger partial charge in [0.15, 0.2) is 0 Å². The van der Waals surface area contributed by atoms with E-state index >= 15 is 0 Å². The van der Waals surface area contributed by atoms with Crippen molar-refractivity contribution in [3.8, 4) is 44.5 Å². The van der Waals surface area contributed by atoms with Crippen LogP contribution in [0, 0.1) is 0 Å². The van der Waals surface area contributed by atoms with Crippen molar-refractivity contribution in [1.82, 2.24) is 29.9 Å². The summed E-state index contributed by atoms with van der Waals surface area (Å²) in [6.07, 6.45) is 15.0. The smallest absolute Gasteiger partial charge is 0.248 e. The van der Waals surface area contributed by atoms with Gasteiger partial charge in [-0.1, -0.05) is 24.3 Å². The lowest BCUT2D eigenvalue weighted by Crippen LogP contribution is -2.10. The fourth-order valence-corrected chi connectivity index (χ4v) is 7.11. The van der Waals surface area contributed by atoms with Crippen LogP contribution in [0.5, 0.6) is 0 Å². The molecular formula is C44H30N8O2. The van der Waals surface area contributed by atoms with Gasteiger partial charge in [-0.15, -0.1) is 0 Å². The number of benzene rings is 2. The Balaban J connectivity index is 1.48. The van der Waals surface area contributed by atoms with Crippen molar-refractivity contribution in [3.63, 3.8) is 0 Å². The summed E-state index contributed by atoms with van der Waals surface area (Å²) >= 11 is 0. The highest BCUT2D eigenvalue weighted by Crippen LogP contribution is 2.38. The molecule has 0 fully saturated rings. The summed E-state index contributed by atoms with van der Waals surface area (Å²) < 4.78 is 0. The first-order valence-electron chi connectivity index (χ1n) is 17.2. The molecule has 7 heterocycles. The van der Waals surface area contributed by atoms with Crippen LogP contribution < -0.4 is 11.5 Å². The fourth-order valence-electron chi connectivity index (χ4n) is 7.11. The van der Waals surface area contributed by atoms with Crippen LogP contribution in [0.4, 0.5) is 0 Å². The highest BCUT2D eigenvalue weighted by atomic mass is 16.1. The molecule has 0 radical (unpaired) electrons. The van der Waals surface area contributed by atoms with Crippen molar-refractivity contribution < 1.29 is 9.59 Å². The standard InChI is InChI=1S/C44H30N8O2/c45-43(53)29-5-1-3-27(23-29)41-35-11-9-33(50-35)39(25-15-19-47-20-16-25)31-7-8-32(49-31)40(26-17-21-48-22-18-26)34-10-12-36(51-34)42(38-14-13-37(41)52-38)28-4-2-6-30(24-28)44(46)54/h1-24,50-51H,(H2,45,53)(H2,46,54). The van der Waals surface area contributed by atoms with Crippen molar-refractivity contribution in [3.05, 3.63) is 156 Å². The first kappa shape index (κ1) is 32.2. The summed E-state index contributed by atoms with van der Waals surface area (Å²) in [7, 11) is 0. The number of hydrogen-bond acceptors (Lipinski definition) is 6. The van der Waals surface area contributed by atoms with Crippen LogP contribution in [0.3, 0.4) is 0 Å². The van der Waals surface area contributed by atoms with Gasteiger partial charge in [-0.2, -0.15) is 0 Å². The maximum absolute atomic E-state index is 12.4. The number of primary amides is 2. The second-order valence-electron chi connectivity index (χ2n) is 12.9. The number of aromatic nitrogens is 6. The Morgan fingerprint density at radius 2 is 0.759 bits per heavy atom. The van der Waals surface area contributed by atoms with Crippen LogP contribution in [0.15, 0.2) is 122 Å². The molecule has 2 amide bonds. The molecule has 5 aromatic heterocycles. The van der Waals surface area contributed by atoms with Crippen molar-refractivity contribution in [2.24, 2.45) is 11.5 Å². The predicted octanol–water partition coefficient (Wildman–Crippen LogP) is 8.31. The number of hydrogen-bond donors (Lipinski definition) is 4. The number of pyridine rings is 2. The Labute approximate surface area is 308 Å². The van der Waals surface area contributed by atoms with E-state index < -0.39 is 11.8 Å². The second-order valence-corrected chi connectivity index (χ2v) is 12.9. The summed E-state index contributed by atoms with van der Waals surface area (Å²) in [5.41, 5.74) is 24.9. The molecule has 54 heavy (non-hydrogen) atoms. The van der Waals surface area contributed by atoms with Crippen LogP contribution in [-0.2, 0) is 0 Å². The number of carbonyl (C=O) groups is 2. The average Bonchev–Trinajstić information content (AvgIpc) is 4.04. The van der Waals surface area contributed by atoms with Crippen LogP contribution in [-0.4, -0.2) is 41.7 Å². The lowest BCUT2D eigenvalue weighted by Gasteiger charge is -2.08. The van der Waals surface area contributed by atoms with Crippen molar-refractivity contribution in [2.75, 3.05) is 0 Å². The molecule has 7 aromatic rings. The van der Waals surface area contributed by atoms with E-state index in [1.807, 2.05) is 97.1 Å². The van der Waals surface area contributed by atoms with Gasteiger partial charge >= 0.3 is 0 Å². The topological polar surface area (TPSA) is 169 Å². The first-order valence-corrected chi connectivity index (χ1v) is 17.2.